The predicted octanol–water partition coefficient (Wildman–Crippen LogP) is 4.93. The van der Waals surface area contributed by atoms with Gasteiger partial charge < -0.3 is 4.74 Å². The normalized spacial score (nSPS) is 38.6. The number of fused-ring (bicyclic) bond motifs is 4. The molecule has 7 rings (SSSR count). The van der Waals surface area contributed by atoms with E-state index in [1.165, 1.54) is 11.1 Å². The second-order valence-corrected chi connectivity index (χ2v) is 15.8. The Hall–Kier alpha value is -2.48. The topological polar surface area (TPSA) is 80.8 Å². The monoisotopic (exact) mass is 534 g/mol. The highest BCUT2D eigenvalue weighted by atomic mass is 32.2. The van der Waals surface area contributed by atoms with Gasteiger partial charge in [0.2, 0.25) is 0 Å². The zero-order valence-corrected chi connectivity index (χ0v) is 22.9. The molecule has 2 aromatic carbocycles. The molecule has 1 aliphatic heterocycles. The number of allylic oxidation sites excluding steroid dienone is 2. The Morgan fingerprint density at radius 3 is 1.35 bits per heavy atom. The first-order valence-electron chi connectivity index (χ1n) is 12.8. The van der Waals surface area contributed by atoms with Crippen molar-refractivity contribution in [2.24, 2.45) is 23.7 Å². The van der Waals surface area contributed by atoms with Gasteiger partial charge in [-0.25, -0.2) is 16.8 Å². The molecule has 8 atom stereocenters. The standard InChI is InChI=1S/C30H30O5S2/c1-17(2)23-21-15-16-22(23)30-26-24(18(3)4)25(29(21,30)35-30)27(36(31,32)19-11-7-5-8-12-19)28(26)37(33,34)20-13-9-6-10-14-20/h5-16,21-22,25-28H,1-4H3/t21-,22-,25+,26+,27+,28+,29-,30-/m1/s1. The van der Waals surface area contributed by atoms with Crippen molar-refractivity contribution in [3.05, 3.63) is 95.1 Å². The highest BCUT2D eigenvalue weighted by Gasteiger charge is 2.97. The smallest absolute Gasteiger partial charge is 0.183 e. The number of ether oxygens (including phenoxy) is 1. The van der Waals surface area contributed by atoms with E-state index < -0.39 is 53.2 Å². The van der Waals surface area contributed by atoms with E-state index in [1.54, 1.807) is 60.7 Å². The molecule has 4 aliphatic carbocycles. The second-order valence-electron chi connectivity index (χ2n) is 11.5. The maximum atomic E-state index is 14.5. The van der Waals surface area contributed by atoms with Crippen molar-refractivity contribution in [3.8, 4) is 0 Å². The highest BCUT2D eigenvalue weighted by Crippen LogP contribution is 2.86. The Labute approximate surface area is 218 Å². The van der Waals surface area contributed by atoms with Gasteiger partial charge in [0, 0.05) is 23.7 Å². The van der Waals surface area contributed by atoms with Crippen LogP contribution in [0.15, 0.2) is 105 Å². The van der Waals surface area contributed by atoms with Gasteiger partial charge in [0.25, 0.3) is 0 Å². The summed E-state index contributed by atoms with van der Waals surface area (Å²) in [4.78, 5) is 0.329. The number of hydrogen-bond donors (Lipinski definition) is 0. The van der Waals surface area contributed by atoms with E-state index in [0.717, 1.165) is 11.1 Å². The molecule has 5 nitrogen and oxygen atoms in total. The molecule has 4 fully saturated rings. The fraction of sp³-hybridized carbons (Fsp3) is 0.400. The lowest BCUT2D eigenvalue weighted by Crippen LogP contribution is -2.54. The Kier molecular flexibility index (Phi) is 4.55. The quantitative estimate of drug-likeness (QED) is 0.411. The van der Waals surface area contributed by atoms with Crippen LogP contribution >= 0.6 is 0 Å². The lowest BCUT2D eigenvalue weighted by molar-refractivity contribution is 0.149. The van der Waals surface area contributed by atoms with Crippen LogP contribution in [0.1, 0.15) is 27.7 Å². The molecule has 1 saturated heterocycles. The molecule has 0 aromatic heterocycles. The molecule has 5 aliphatic rings. The van der Waals surface area contributed by atoms with E-state index in [1.807, 2.05) is 13.8 Å². The Bertz CT molecular complexity index is 1540. The van der Waals surface area contributed by atoms with E-state index in [-0.39, 0.29) is 21.6 Å². The average Bonchev–Trinajstić information content (AvgIpc) is 3.16. The lowest BCUT2D eigenvalue weighted by atomic mass is 9.73. The summed E-state index contributed by atoms with van der Waals surface area (Å²) < 4.78 is 64.7. The van der Waals surface area contributed by atoms with Crippen LogP contribution in [0.5, 0.6) is 0 Å². The van der Waals surface area contributed by atoms with E-state index in [0.29, 0.717) is 0 Å². The van der Waals surface area contributed by atoms with Crippen LogP contribution in [0.25, 0.3) is 0 Å². The SMILES string of the molecule is CC(C)=C1[C@H]2C=C[C@H]1[C@]13O[C@@]21[C@H]1C(=C(C)C)[C@H]3[C@H](S(=O)(=O)c2ccccc2)[C@H]1S(=O)(=O)c1ccccc1. The fourth-order valence-electron chi connectivity index (χ4n) is 8.60. The zero-order valence-electron chi connectivity index (χ0n) is 21.3. The van der Waals surface area contributed by atoms with Crippen LogP contribution in [0.3, 0.4) is 0 Å². The molecule has 0 spiro atoms. The summed E-state index contributed by atoms with van der Waals surface area (Å²) in [5.74, 6) is -1.10. The van der Waals surface area contributed by atoms with Gasteiger partial charge in [-0.1, -0.05) is 70.8 Å². The van der Waals surface area contributed by atoms with Gasteiger partial charge in [0.05, 0.1) is 20.3 Å². The summed E-state index contributed by atoms with van der Waals surface area (Å²) in [6.07, 6.45) is 4.35. The molecule has 0 amide bonds. The van der Waals surface area contributed by atoms with Gasteiger partial charge in [-0.15, -0.1) is 0 Å². The number of epoxide rings is 1. The Morgan fingerprint density at radius 1 is 0.622 bits per heavy atom. The van der Waals surface area contributed by atoms with E-state index >= 15 is 0 Å². The first kappa shape index (κ1) is 23.6. The van der Waals surface area contributed by atoms with Gasteiger partial charge in [-0.2, -0.15) is 0 Å². The molecule has 0 radical (unpaired) electrons. The lowest BCUT2D eigenvalue weighted by Gasteiger charge is -2.36. The number of sulfone groups is 2. The minimum absolute atomic E-state index is 0.0271. The molecule has 0 unspecified atom stereocenters. The van der Waals surface area contributed by atoms with Crippen molar-refractivity contribution in [2.45, 2.75) is 59.2 Å². The summed E-state index contributed by atoms with van der Waals surface area (Å²) in [5.41, 5.74) is 3.06. The summed E-state index contributed by atoms with van der Waals surface area (Å²) in [7, 11) is -8.04. The maximum Gasteiger partial charge on any atom is 0.183 e. The van der Waals surface area contributed by atoms with Crippen LogP contribution in [0, 0.1) is 23.7 Å². The Balaban J connectivity index is 1.54. The van der Waals surface area contributed by atoms with E-state index in [2.05, 4.69) is 26.0 Å². The molecule has 192 valence electrons. The average molecular weight is 535 g/mol. The van der Waals surface area contributed by atoms with Gasteiger partial charge >= 0.3 is 0 Å². The predicted molar refractivity (Wildman–Crippen MR) is 141 cm³/mol. The third kappa shape index (κ3) is 2.50. The molecular formula is C30H30O5S2. The zero-order chi connectivity index (χ0) is 26.1. The van der Waals surface area contributed by atoms with Crippen LogP contribution in [-0.4, -0.2) is 38.5 Å². The van der Waals surface area contributed by atoms with Crippen LogP contribution in [0.2, 0.25) is 0 Å². The minimum Gasteiger partial charge on any atom is -0.359 e. The van der Waals surface area contributed by atoms with E-state index in [4.69, 9.17) is 4.74 Å². The van der Waals surface area contributed by atoms with Gasteiger partial charge in [-0.3, -0.25) is 0 Å². The largest absolute Gasteiger partial charge is 0.359 e. The molecule has 3 saturated carbocycles. The van der Waals surface area contributed by atoms with Gasteiger partial charge in [-0.05, 0) is 52.0 Å². The van der Waals surface area contributed by atoms with Crippen LogP contribution < -0.4 is 0 Å². The molecule has 2 aromatic rings. The summed E-state index contributed by atoms with van der Waals surface area (Å²) in [6.45, 7) is 8.17. The van der Waals surface area contributed by atoms with Crippen molar-refractivity contribution in [1.29, 1.82) is 0 Å². The number of hydrogen-bond acceptors (Lipinski definition) is 5. The van der Waals surface area contributed by atoms with Gasteiger partial charge in [0.1, 0.15) is 11.2 Å². The van der Waals surface area contributed by atoms with E-state index in [9.17, 15) is 16.8 Å². The van der Waals surface area contributed by atoms with Crippen molar-refractivity contribution in [3.63, 3.8) is 0 Å². The van der Waals surface area contributed by atoms with Crippen molar-refractivity contribution in [1.82, 2.24) is 0 Å². The molecule has 7 heteroatoms. The first-order chi connectivity index (χ1) is 17.5. The number of rotatable bonds is 4. The van der Waals surface area contributed by atoms with Crippen molar-refractivity contribution >= 4 is 19.7 Å². The van der Waals surface area contributed by atoms with Crippen LogP contribution in [0.4, 0.5) is 0 Å². The molecule has 0 N–H and O–H groups in total. The molecular weight excluding hydrogens is 504 g/mol. The summed E-state index contributed by atoms with van der Waals surface area (Å²) in [5, 5.41) is -2.26. The first-order valence-corrected chi connectivity index (χ1v) is 15.9. The third-order valence-electron chi connectivity index (χ3n) is 9.59. The third-order valence-corrected chi connectivity index (χ3v) is 14.2. The highest BCUT2D eigenvalue weighted by molar-refractivity contribution is 7.96. The molecule has 1 heterocycles. The summed E-state index contributed by atoms with van der Waals surface area (Å²) >= 11 is 0. The number of benzene rings is 2. The molecule has 37 heavy (non-hydrogen) atoms. The van der Waals surface area contributed by atoms with Crippen LogP contribution in [-0.2, 0) is 24.4 Å². The van der Waals surface area contributed by atoms with Crippen molar-refractivity contribution in [2.75, 3.05) is 0 Å². The molecule has 4 bridgehead atoms. The Morgan fingerprint density at radius 2 is 1.00 bits per heavy atom. The van der Waals surface area contributed by atoms with Gasteiger partial charge in [0.15, 0.2) is 19.7 Å². The fourth-order valence-corrected chi connectivity index (χ4v) is 13.6. The minimum atomic E-state index is -4.02. The summed E-state index contributed by atoms with van der Waals surface area (Å²) in [6, 6.07) is 16.6. The maximum absolute atomic E-state index is 14.5. The second kappa shape index (κ2) is 7.13. The van der Waals surface area contributed by atoms with Crippen molar-refractivity contribution < 1.29 is 21.6 Å².